The van der Waals surface area contributed by atoms with Gasteiger partial charge in [0.05, 0.1) is 18.4 Å². The molecular formula is C19H21N5O. The summed E-state index contributed by atoms with van der Waals surface area (Å²) in [6, 6.07) is 10.2. The first-order chi connectivity index (χ1) is 12.1. The largest absolute Gasteiger partial charge is 0.342 e. The van der Waals surface area contributed by atoms with Crippen LogP contribution in [0.5, 0.6) is 0 Å². The molecule has 25 heavy (non-hydrogen) atoms. The number of carbonyl (C=O) groups excluding carboxylic acids is 1. The Morgan fingerprint density at radius 1 is 1.32 bits per heavy atom. The van der Waals surface area contributed by atoms with E-state index in [2.05, 4.69) is 38.2 Å². The van der Waals surface area contributed by atoms with Gasteiger partial charge in [-0.05, 0) is 37.0 Å². The molecule has 2 atom stereocenters. The number of amides is 1. The smallest absolute Gasteiger partial charge is 0.272 e. The Balaban J connectivity index is 1.68. The van der Waals surface area contributed by atoms with Crippen molar-refractivity contribution in [3.63, 3.8) is 0 Å². The number of aromatic nitrogens is 4. The summed E-state index contributed by atoms with van der Waals surface area (Å²) in [5, 5.41) is 7.51. The lowest BCUT2D eigenvalue weighted by Gasteiger charge is -2.34. The van der Waals surface area contributed by atoms with Crippen LogP contribution in [0.2, 0.25) is 0 Å². The van der Waals surface area contributed by atoms with Crippen molar-refractivity contribution in [2.45, 2.75) is 31.8 Å². The zero-order chi connectivity index (χ0) is 17.4. The standard InChI is InChI=1S/C19H21N5O/c1-13-11-16(22-23(13)2)19(25)21-18-15-6-4-3-5-14(15)7-8-17(18)24-10-9-20-12-24/h3-6,9-12,17-18H,7-8H2,1-2H3,(H,21,25). The van der Waals surface area contributed by atoms with E-state index in [4.69, 9.17) is 0 Å². The van der Waals surface area contributed by atoms with Gasteiger partial charge >= 0.3 is 0 Å². The van der Waals surface area contributed by atoms with Crippen LogP contribution < -0.4 is 5.32 Å². The van der Waals surface area contributed by atoms with Crippen molar-refractivity contribution < 1.29 is 4.79 Å². The van der Waals surface area contributed by atoms with Crippen molar-refractivity contribution >= 4 is 5.91 Å². The van der Waals surface area contributed by atoms with Gasteiger partial charge in [0.2, 0.25) is 0 Å². The Kier molecular flexibility index (Phi) is 3.87. The van der Waals surface area contributed by atoms with Crippen LogP contribution in [0.25, 0.3) is 0 Å². The van der Waals surface area contributed by atoms with E-state index >= 15 is 0 Å². The molecule has 0 aliphatic heterocycles. The summed E-state index contributed by atoms with van der Waals surface area (Å²) in [4.78, 5) is 17.0. The molecule has 0 radical (unpaired) electrons. The fourth-order valence-electron chi connectivity index (χ4n) is 3.59. The van der Waals surface area contributed by atoms with Crippen LogP contribution in [0.4, 0.5) is 0 Å². The number of nitrogens with zero attached hydrogens (tertiary/aromatic N) is 4. The number of nitrogens with one attached hydrogen (secondary N) is 1. The fourth-order valence-corrected chi connectivity index (χ4v) is 3.59. The van der Waals surface area contributed by atoms with Gasteiger partial charge in [-0.1, -0.05) is 24.3 Å². The number of rotatable bonds is 3. The normalized spacial score (nSPS) is 19.4. The third-order valence-electron chi connectivity index (χ3n) is 5.03. The summed E-state index contributed by atoms with van der Waals surface area (Å²) < 4.78 is 3.81. The van der Waals surface area contributed by atoms with Crippen LogP contribution in [-0.2, 0) is 13.5 Å². The minimum atomic E-state index is -0.143. The maximum atomic E-state index is 12.8. The summed E-state index contributed by atoms with van der Waals surface area (Å²) in [5.41, 5.74) is 3.88. The van der Waals surface area contributed by atoms with Crippen molar-refractivity contribution in [3.8, 4) is 0 Å². The highest BCUT2D eigenvalue weighted by molar-refractivity contribution is 5.92. The van der Waals surface area contributed by atoms with Crippen LogP contribution in [-0.4, -0.2) is 25.2 Å². The lowest BCUT2D eigenvalue weighted by atomic mass is 9.83. The first kappa shape index (κ1) is 15.6. The van der Waals surface area contributed by atoms with Crippen molar-refractivity contribution in [3.05, 3.63) is 71.6 Å². The maximum Gasteiger partial charge on any atom is 0.272 e. The Morgan fingerprint density at radius 2 is 2.16 bits per heavy atom. The topological polar surface area (TPSA) is 64.7 Å². The summed E-state index contributed by atoms with van der Waals surface area (Å²) in [6.45, 7) is 1.94. The predicted octanol–water partition coefficient (Wildman–Crippen LogP) is 2.58. The molecule has 0 bridgehead atoms. The van der Waals surface area contributed by atoms with E-state index in [1.165, 1.54) is 11.1 Å². The Morgan fingerprint density at radius 3 is 2.88 bits per heavy atom. The molecule has 0 saturated carbocycles. The monoisotopic (exact) mass is 335 g/mol. The zero-order valence-corrected chi connectivity index (χ0v) is 14.4. The second-order valence-corrected chi connectivity index (χ2v) is 6.56. The minimum absolute atomic E-state index is 0.103. The molecule has 4 rings (SSSR count). The molecule has 2 heterocycles. The molecule has 3 aromatic rings. The van der Waals surface area contributed by atoms with Crippen molar-refractivity contribution in [1.82, 2.24) is 24.6 Å². The fraction of sp³-hybridized carbons (Fsp3) is 0.316. The number of fused-ring (bicyclic) bond motifs is 1. The molecule has 6 nitrogen and oxygen atoms in total. The SMILES string of the molecule is Cc1cc(C(=O)NC2c3ccccc3CCC2n2ccnc2)nn1C. The molecule has 1 aromatic carbocycles. The Hall–Kier alpha value is -2.89. The van der Waals surface area contributed by atoms with E-state index in [0.717, 1.165) is 18.5 Å². The summed E-state index contributed by atoms with van der Waals surface area (Å²) in [7, 11) is 1.84. The van der Waals surface area contributed by atoms with E-state index in [-0.39, 0.29) is 18.0 Å². The van der Waals surface area contributed by atoms with E-state index in [0.29, 0.717) is 5.69 Å². The highest BCUT2D eigenvalue weighted by Gasteiger charge is 2.32. The van der Waals surface area contributed by atoms with Crippen LogP contribution in [0.3, 0.4) is 0 Å². The van der Waals surface area contributed by atoms with E-state index < -0.39 is 0 Å². The first-order valence-corrected chi connectivity index (χ1v) is 8.50. The van der Waals surface area contributed by atoms with Gasteiger partial charge in [0.1, 0.15) is 5.69 Å². The van der Waals surface area contributed by atoms with E-state index in [1.54, 1.807) is 10.9 Å². The molecule has 1 N–H and O–H groups in total. The van der Waals surface area contributed by atoms with Gasteiger partial charge in [-0.25, -0.2) is 4.98 Å². The molecule has 1 amide bonds. The molecular weight excluding hydrogens is 314 g/mol. The lowest BCUT2D eigenvalue weighted by molar-refractivity contribution is 0.0912. The van der Waals surface area contributed by atoms with Gasteiger partial charge in [-0.15, -0.1) is 0 Å². The highest BCUT2D eigenvalue weighted by Crippen LogP contribution is 2.37. The van der Waals surface area contributed by atoms with Crippen molar-refractivity contribution in [2.75, 3.05) is 0 Å². The molecule has 1 aliphatic rings. The molecule has 0 fully saturated rings. The van der Waals surface area contributed by atoms with Crippen LogP contribution in [0.1, 0.15) is 45.8 Å². The van der Waals surface area contributed by atoms with Gasteiger partial charge in [0, 0.05) is 25.1 Å². The average Bonchev–Trinajstić information content (AvgIpc) is 3.26. The minimum Gasteiger partial charge on any atom is -0.342 e. The molecule has 0 saturated heterocycles. The Bertz CT molecular complexity index is 877. The van der Waals surface area contributed by atoms with E-state index in [1.807, 2.05) is 38.6 Å². The lowest BCUT2D eigenvalue weighted by Crippen LogP contribution is -2.37. The quantitative estimate of drug-likeness (QED) is 0.800. The maximum absolute atomic E-state index is 12.8. The van der Waals surface area contributed by atoms with E-state index in [9.17, 15) is 4.79 Å². The molecule has 2 aromatic heterocycles. The van der Waals surface area contributed by atoms with Gasteiger partial charge < -0.3 is 9.88 Å². The number of aryl methyl sites for hydroxylation is 3. The number of hydrogen-bond acceptors (Lipinski definition) is 3. The predicted molar refractivity (Wildman–Crippen MR) is 94.2 cm³/mol. The summed E-state index contributed by atoms with van der Waals surface area (Å²) >= 11 is 0. The molecule has 128 valence electrons. The average molecular weight is 335 g/mol. The number of carbonyl (C=O) groups is 1. The summed E-state index contributed by atoms with van der Waals surface area (Å²) in [5.74, 6) is -0.143. The van der Waals surface area contributed by atoms with Gasteiger partial charge in [0.25, 0.3) is 5.91 Å². The van der Waals surface area contributed by atoms with Gasteiger partial charge in [0.15, 0.2) is 0 Å². The molecule has 0 spiro atoms. The van der Waals surface area contributed by atoms with Gasteiger partial charge in [-0.3, -0.25) is 9.48 Å². The second-order valence-electron chi connectivity index (χ2n) is 6.56. The number of benzene rings is 1. The third kappa shape index (κ3) is 2.84. The van der Waals surface area contributed by atoms with Crippen molar-refractivity contribution in [2.24, 2.45) is 7.05 Å². The third-order valence-corrected chi connectivity index (χ3v) is 5.03. The molecule has 6 heteroatoms. The zero-order valence-electron chi connectivity index (χ0n) is 14.4. The second kappa shape index (κ2) is 6.20. The molecule has 2 unspecified atom stereocenters. The van der Waals surface area contributed by atoms with Crippen molar-refractivity contribution in [1.29, 1.82) is 0 Å². The Labute approximate surface area is 146 Å². The molecule has 1 aliphatic carbocycles. The van der Waals surface area contributed by atoms with Gasteiger partial charge in [-0.2, -0.15) is 5.10 Å². The van der Waals surface area contributed by atoms with Crippen LogP contribution in [0, 0.1) is 6.92 Å². The first-order valence-electron chi connectivity index (χ1n) is 8.50. The number of hydrogen-bond donors (Lipinski definition) is 1. The van der Waals surface area contributed by atoms with Crippen LogP contribution in [0.15, 0.2) is 49.1 Å². The summed E-state index contributed by atoms with van der Waals surface area (Å²) in [6.07, 6.45) is 7.51. The highest BCUT2D eigenvalue weighted by atomic mass is 16.2. The van der Waals surface area contributed by atoms with Crippen LogP contribution >= 0.6 is 0 Å². The number of imidazole rings is 1.